The Balaban J connectivity index is 1.29. The third-order valence-electron chi connectivity index (χ3n) is 17.6. The van der Waals surface area contributed by atoms with Gasteiger partial charge in [0.1, 0.15) is 60.1 Å². The van der Waals surface area contributed by atoms with Crippen LogP contribution in [-0.4, -0.2) is 206 Å². The van der Waals surface area contributed by atoms with Crippen LogP contribution in [0.1, 0.15) is 122 Å². The maximum absolute atomic E-state index is 14.6. The lowest BCUT2D eigenvalue weighted by atomic mass is 9.96. The fraction of sp³-hybridized carbons (Fsp3) is 0.529. The summed E-state index contributed by atoms with van der Waals surface area (Å²) in [4.78, 5) is 182. The molecule has 1 aromatic heterocycles. The molecule has 1 saturated heterocycles. The number of carbonyl (C=O) groups excluding carboxylic acids is 11. The second kappa shape index (κ2) is 41.6. The first kappa shape index (κ1) is 82.6. The van der Waals surface area contributed by atoms with Crippen molar-refractivity contribution in [1.82, 2.24) is 63.1 Å². The van der Waals surface area contributed by atoms with Crippen LogP contribution in [0.5, 0.6) is 5.75 Å². The number of aromatic hydroxyl groups is 1. The van der Waals surface area contributed by atoms with Gasteiger partial charge in [-0.2, -0.15) is 0 Å². The van der Waals surface area contributed by atoms with Crippen LogP contribution < -0.4 is 70.4 Å². The molecule has 11 amide bonds. The Labute approximate surface area is 591 Å². The van der Waals surface area contributed by atoms with E-state index < -0.39 is 175 Å². The average molecular weight is 1420 g/mol. The fourth-order valence-corrected chi connectivity index (χ4v) is 11.5. The highest BCUT2D eigenvalue weighted by Gasteiger charge is 2.41. The number of benzene rings is 3. The standard InChI is InChI=1S/C70H101N15O17/c1-6-40(4)59(67(98)79-50(70(101)102)22-13-15-31-72)83-68(99)60(41(5)86)84-65(96)53(35-44-36-74-48-20-11-10-19-46(44)48)81-63(94)49(21-12-14-30-71)77-55(88)38-76-66(97)54-23-16-32-85(54)69(100)58(39(2)3)82-64(95)52(34-43-24-26-45(87)27-25-43)78-56(89)37-75-62(93)51(33-42-17-8-7-9-18-42)80-61(92)47(73)28-29-57(90)91/h7-11,17-20,24-27,36,39-41,47,49-54,58-60,74,86-87H,6,12-16,21-23,28-35,37-38,71-73H2,1-5H3,(H,75,93)(H,76,97)(H,77,88)(H,78,89)(H,79,98)(H,80,92)(H,81,94)(H,82,95)(H,83,99)(H,84,96)(H,90,91)(H,101,102)/t40-,41+,47-,49-,50-,51-,52-,53-,54+,58-,59-,60-/m0/s1. The SMILES string of the molecule is CC[C@H](C)[C@H](NC(=O)[C@@H](NC(=O)[C@H](Cc1c[nH]c2ccccc12)NC(=O)[C@H](CCCCN)NC(=O)CNC(=O)[C@H]1CCCN1C(=O)[C@@H](NC(=O)[C@H](Cc1ccc(O)cc1)NC(=O)CNC(=O)[C@H](Cc1ccccc1)NC(=O)[C@@H](N)CCC(=O)O)C(C)C)[C@@H](C)O)C(=O)N[C@@H](CCCCN)C(=O)O. The maximum Gasteiger partial charge on any atom is 0.326 e. The van der Waals surface area contributed by atoms with Crippen LogP contribution >= 0.6 is 0 Å². The molecule has 1 aliphatic heterocycles. The normalized spacial score (nSPS) is 16.0. The van der Waals surface area contributed by atoms with Gasteiger partial charge in [0.2, 0.25) is 65.0 Å². The summed E-state index contributed by atoms with van der Waals surface area (Å²) in [7, 11) is 0. The summed E-state index contributed by atoms with van der Waals surface area (Å²) >= 11 is 0. The number of nitrogens with one attached hydrogen (secondary N) is 11. The Kier molecular flexibility index (Phi) is 33.7. The number of aliphatic carboxylic acids is 2. The van der Waals surface area contributed by atoms with E-state index in [0.29, 0.717) is 72.7 Å². The molecule has 5 rings (SSSR count). The van der Waals surface area contributed by atoms with Crippen LogP contribution in [0.2, 0.25) is 0 Å². The summed E-state index contributed by atoms with van der Waals surface area (Å²) in [5.74, 6) is -12.9. The number of phenolic OH excluding ortho intramolecular Hbond substituents is 1. The zero-order valence-electron chi connectivity index (χ0n) is 58.3. The van der Waals surface area contributed by atoms with Gasteiger partial charge in [-0.1, -0.05) is 94.8 Å². The summed E-state index contributed by atoms with van der Waals surface area (Å²) in [5.41, 5.74) is 19.7. The van der Waals surface area contributed by atoms with Crippen LogP contribution in [0.15, 0.2) is 85.1 Å². The second-order valence-electron chi connectivity index (χ2n) is 25.9. The van der Waals surface area contributed by atoms with Gasteiger partial charge in [0, 0.05) is 49.3 Å². The largest absolute Gasteiger partial charge is 0.508 e. The van der Waals surface area contributed by atoms with Crippen LogP contribution in [0.25, 0.3) is 10.9 Å². The first-order valence-corrected chi connectivity index (χ1v) is 34.5. The highest BCUT2D eigenvalue weighted by molar-refractivity contribution is 5.99. The second-order valence-corrected chi connectivity index (χ2v) is 25.9. The first-order chi connectivity index (χ1) is 48.5. The van der Waals surface area contributed by atoms with Crippen molar-refractivity contribution in [3.63, 3.8) is 0 Å². The number of unbranched alkanes of at least 4 members (excludes halogenated alkanes) is 2. The summed E-state index contributed by atoms with van der Waals surface area (Å²) in [6, 6.07) is 7.89. The molecule has 3 aromatic carbocycles. The van der Waals surface area contributed by atoms with Crippen molar-refractivity contribution in [2.45, 2.75) is 191 Å². The number of aliphatic hydroxyl groups excluding tert-OH is 1. The van der Waals surface area contributed by atoms with Gasteiger partial charge in [-0.25, -0.2) is 4.79 Å². The molecule has 0 saturated carbocycles. The van der Waals surface area contributed by atoms with Gasteiger partial charge >= 0.3 is 11.9 Å². The number of carbonyl (C=O) groups is 13. The smallest absolute Gasteiger partial charge is 0.326 e. The molecule has 12 atom stereocenters. The van der Waals surface area contributed by atoms with Crippen molar-refractivity contribution < 1.29 is 82.8 Å². The van der Waals surface area contributed by atoms with Crippen LogP contribution in [0, 0.1) is 11.8 Å². The third-order valence-corrected chi connectivity index (χ3v) is 17.6. The van der Waals surface area contributed by atoms with E-state index in [1.165, 1.54) is 36.1 Å². The number of rotatable bonds is 43. The Hall–Kier alpha value is -10.0. The van der Waals surface area contributed by atoms with E-state index in [0.717, 1.165) is 0 Å². The number of aliphatic hydroxyl groups is 1. The molecule has 0 unspecified atom stereocenters. The molecule has 0 aliphatic carbocycles. The number of amides is 11. The Morgan fingerprint density at radius 1 is 0.559 bits per heavy atom. The maximum atomic E-state index is 14.6. The number of hydrogen-bond donors (Lipinski definition) is 18. The lowest BCUT2D eigenvalue weighted by molar-refractivity contribution is -0.143. The topological polar surface area (TPSA) is 520 Å². The number of carboxylic acid groups (broad SMARTS) is 2. The lowest BCUT2D eigenvalue weighted by Crippen LogP contribution is -2.62. The van der Waals surface area contributed by atoms with Gasteiger partial charge in [0.15, 0.2) is 0 Å². The number of H-pyrrole nitrogens is 1. The molecule has 4 aromatic rings. The van der Waals surface area contributed by atoms with Crippen molar-refractivity contribution >= 4 is 87.8 Å². The molecule has 0 spiro atoms. The molecule has 1 aliphatic rings. The van der Waals surface area contributed by atoms with E-state index in [4.69, 9.17) is 22.3 Å². The molecule has 2 heterocycles. The van der Waals surface area contributed by atoms with E-state index in [9.17, 15) is 77.6 Å². The monoisotopic (exact) mass is 1420 g/mol. The number of nitrogens with zero attached hydrogens (tertiary/aromatic N) is 1. The Bertz CT molecular complexity index is 3500. The number of aromatic nitrogens is 1. The number of hydrogen-bond acceptors (Lipinski definition) is 18. The van der Waals surface area contributed by atoms with Crippen LogP contribution in [-0.2, 0) is 81.6 Å². The fourth-order valence-electron chi connectivity index (χ4n) is 11.5. The van der Waals surface area contributed by atoms with E-state index in [1.807, 2.05) is 0 Å². The third kappa shape index (κ3) is 26.2. The van der Waals surface area contributed by atoms with E-state index >= 15 is 0 Å². The Morgan fingerprint density at radius 3 is 1.68 bits per heavy atom. The lowest BCUT2D eigenvalue weighted by Gasteiger charge is -2.31. The predicted molar refractivity (Wildman–Crippen MR) is 374 cm³/mol. The molecule has 21 N–H and O–H groups in total. The highest BCUT2D eigenvalue weighted by atomic mass is 16.4. The minimum atomic E-state index is -1.73. The number of phenols is 1. The Morgan fingerprint density at radius 2 is 1.08 bits per heavy atom. The minimum absolute atomic E-state index is 0.00666. The summed E-state index contributed by atoms with van der Waals surface area (Å²) < 4.78 is 0. The van der Waals surface area contributed by atoms with Gasteiger partial charge in [0.25, 0.3) is 0 Å². The van der Waals surface area contributed by atoms with Crippen LogP contribution in [0.3, 0.4) is 0 Å². The van der Waals surface area contributed by atoms with E-state index in [-0.39, 0.29) is 63.8 Å². The number of carboxylic acids is 2. The number of fused-ring (bicyclic) bond motifs is 1. The summed E-state index contributed by atoms with van der Waals surface area (Å²) in [6.07, 6.45) is 1.55. The van der Waals surface area contributed by atoms with Crippen LogP contribution in [0.4, 0.5) is 0 Å². The molecular weight excluding hydrogens is 1320 g/mol. The average Bonchev–Trinajstić information content (AvgIpc) is 1.62. The number of likely N-dealkylation sites (tertiary alicyclic amines) is 1. The molecular formula is C70H101N15O17. The summed E-state index contributed by atoms with van der Waals surface area (Å²) in [6.45, 7) is 7.13. The number of para-hydroxylation sites is 1. The molecule has 32 nitrogen and oxygen atoms in total. The molecule has 102 heavy (non-hydrogen) atoms. The van der Waals surface area contributed by atoms with Crippen molar-refractivity contribution in [2.75, 3.05) is 32.7 Å². The zero-order chi connectivity index (χ0) is 75.2. The minimum Gasteiger partial charge on any atom is -0.508 e. The molecule has 0 bridgehead atoms. The zero-order valence-corrected chi connectivity index (χ0v) is 58.3. The first-order valence-electron chi connectivity index (χ1n) is 34.5. The van der Waals surface area contributed by atoms with E-state index in [1.54, 1.807) is 88.5 Å². The van der Waals surface area contributed by atoms with Crippen molar-refractivity contribution in [1.29, 1.82) is 0 Å². The molecule has 32 heteroatoms. The quantitative estimate of drug-likeness (QED) is 0.0227. The molecule has 1 fully saturated rings. The van der Waals surface area contributed by atoms with Gasteiger partial charge < -0.3 is 101 Å². The number of aromatic amines is 1. The summed E-state index contributed by atoms with van der Waals surface area (Å²) in [5, 5.41) is 66.6. The van der Waals surface area contributed by atoms with Gasteiger partial charge in [-0.05, 0) is 125 Å². The van der Waals surface area contributed by atoms with Crippen molar-refractivity contribution in [2.24, 2.45) is 29.0 Å². The van der Waals surface area contributed by atoms with E-state index in [2.05, 4.69) is 58.2 Å². The highest BCUT2D eigenvalue weighted by Crippen LogP contribution is 2.23. The van der Waals surface area contributed by atoms with Crippen molar-refractivity contribution in [3.8, 4) is 5.75 Å². The molecule has 0 radical (unpaired) electrons. The number of nitrogens with two attached hydrogens (primary N) is 3. The predicted octanol–water partition coefficient (Wildman–Crippen LogP) is -1.38. The van der Waals surface area contributed by atoms with Gasteiger partial charge in [0.05, 0.1) is 25.2 Å². The van der Waals surface area contributed by atoms with Gasteiger partial charge in [-0.3, -0.25) is 57.5 Å². The molecule has 558 valence electrons. The van der Waals surface area contributed by atoms with Gasteiger partial charge in [-0.15, -0.1) is 0 Å². The van der Waals surface area contributed by atoms with Crippen molar-refractivity contribution in [3.05, 3.63) is 102 Å².